The zero-order chi connectivity index (χ0) is 32.9. The van der Waals surface area contributed by atoms with E-state index in [0.29, 0.717) is 12.8 Å². The zero-order valence-electron chi connectivity index (χ0n) is 26.5. The molecule has 0 radical (unpaired) electrons. The molecule has 2 heterocycles. The molecule has 10 N–H and O–H groups in total. The van der Waals surface area contributed by atoms with Gasteiger partial charge in [0.25, 0.3) is 11.8 Å². The molecule has 44 heavy (non-hydrogen) atoms. The molecule has 2 unspecified atom stereocenters. The summed E-state index contributed by atoms with van der Waals surface area (Å²) in [5.74, 6) is -5.03. The van der Waals surface area contributed by atoms with Crippen LogP contribution >= 0.6 is 0 Å². The Labute approximate surface area is 261 Å². The first-order valence-corrected chi connectivity index (χ1v) is 16.5. The van der Waals surface area contributed by atoms with Crippen LogP contribution in [0.1, 0.15) is 90.9 Å². The second-order valence-corrected chi connectivity index (χ2v) is 12.4. The fraction of sp³-hybridized carbons (Fsp3) is 1.00. The van der Waals surface area contributed by atoms with Crippen molar-refractivity contribution in [2.45, 2.75) is 152 Å². The summed E-state index contributed by atoms with van der Waals surface area (Å²) in [4.78, 5) is 2.72. The fourth-order valence-electron chi connectivity index (χ4n) is 6.07. The summed E-state index contributed by atoms with van der Waals surface area (Å²) in [7, 11) is 0. The van der Waals surface area contributed by atoms with Crippen molar-refractivity contribution in [3.63, 3.8) is 0 Å². The first-order chi connectivity index (χ1) is 20.9. The van der Waals surface area contributed by atoms with Crippen molar-refractivity contribution in [3.05, 3.63) is 0 Å². The van der Waals surface area contributed by atoms with Crippen molar-refractivity contribution in [3.8, 4) is 0 Å². The van der Waals surface area contributed by atoms with E-state index in [-0.39, 0.29) is 26.2 Å². The first-order valence-electron chi connectivity index (χ1n) is 16.5. The SMILES string of the molecule is CCCCCCCCN(CCN(CCCCCCCC)C1(O)O[C@H](CO)[C@@H](O)[C@H](O)[C@H]1O)C1(O)O[C@H](CO)[C@@H](O)[C@H](O)[C@H]1O. The summed E-state index contributed by atoms with van der Waals surface area (Å²) in [6, 6.07) is 0. The maximum absolute atomic E-state index is 11.6. The van der Waals surface area contributed by atoms with Gasteiger partial charge in [-0.2, -0.15) is 0 Å². The van der Waals surface area contributed by atoms with Gasteiger partial charge in [0.2, 0.25) is 0 Å². The number of aliphatic hydroxyl groups is 10. The Bertz CT molecular complexity index is 720. The van der Waals surface area contributed by atoms with Crippen molar-refractivity contribution in [1.82, 2.24) is 9.80 Å². The molecule has 0 aromatic carbocycles. The first kappa shape index (κ1) is 39.6. The number of hydrogen-bond donors (Lipinski definition) is 10. The average Bonchev–Trinajstić information content (AvgIpc) is 3.02. The predicted octanol–water partition coefficient (Wildman–Crippen LogP) is -1.45. The highest BCUT2D eigenvalue weighted by Crippen LogP contribution is 2.34. The highest BCUT2D eigenvalue weighted by atomic mass is 16.7. The molecule has 14 heteroatoms. The Balaban J connectivity index is 2.32. The highest BCUT2D eigenvalue weighted by molar-refractivity contribution is 4.98. The molecule has 2 saturated heterocycles. The number of hydrogen-bond acceptors (Lipinski definition) is 14. The van der Waals surface area contributed by atoms with Crippen LogP contribution in [0.2, 0.25) is 0 Å². The second kappa shape index (κ2) is 19.3. The van der Waals surface area contributed by atoms with Crippen LogP contribution in [0.4, 0.5) is 0 Å². The lowest BCUT2D eigenvalue weighted by Crippen LogP contribution is -2.73. The molecule has 2 fully saturated rings. The van der Waals surface area contributed by atoms with Crippen LogP contribution in [0, 0.1) is 0 Å². The maximum Gasteiger partial charge on any atom is 0.258 e. The number of ether oxygens (including phenoxy) is 2. The Hall–Kier alpha value is -0.560. The van der Waals surface area contributed by atoms with Crippen molar-refractivity contribution in [2.24, 2.45) is 0 Å². The third kappa shape index (κ3) is 9.97. The van der Waals surface area contributed by atoms with Crippen LogP contribution in [0.15, 0.2) is 0 Å². The second-order valence-electron chi connectivity index (χ2n) is 12.4. The van der Waals surface area contributed by atoms with Crippen molar-refractivity contribution >= 4 is 0 Å². The molecule has 0 spiro atoms. The van der Waals surface area contributed by atoms with E-state index in [1.807, 2.05) is 0 Å². The van der Waals surface area contributed by atoms with Crippen LogP contribution in [0.3, 0.4) is 0 Å². The standard InChI is InChI=1S/C30H60N2O12/c1-3-5-7-9-11-13-15-31(29(41)27(39)25(37)23(35)21(19-33)43-29)17-18-32(16-14-12-10-8-6-4-2)30(42)28(40)26(38)24(36)22(20-34)44-30/h21-28,33-42H,3-20H2,1-2H3/t21-,22-,23-,24-,25+,26+,27-,28-,29?,30?/m1/s1. The van der Waals surface area contributed by atoms with Crippen LogP contribution in [0.25, 0.3) is 0 Å². The zero-order valence-corrected chi connectivity index (χ0v) is 26.5. The van der Waals surface area contributed by atoms with Gasteiger partial charge in [-0.1, -0.05) is 78.1 Å². The molecule has 0 bridgehead atoms. The van der Waals surface area contributed by atoms with E-state index in [9.17, 15) is 51.1 Å². The minimum absolute atomic E-state index is 0.111. The molecule has 0 aliphatic carbocycles. The summed E-state index contributed by atoms with van der Waals surface area (Å²) in [5.41, 5.74) is 0. The van der Waals surface area contributed by atoms with E-state index in [2.05, 4.69) is 13.8 Å². The number of rotatable bonds is 21. The van der Waals surface area contributed by atoms with Crippen molar-refractivity contribution in [2.75, 3.05) is 39.4 Å². The molecule has 262 valence electrons. The smallest absolute Gasteiger partial charge is 0.258 e. The molecule has 0 aromatic heterocycles. The third-order valence-electron chi connectivity index (χ3n) is 9.00. The van der Waals surface area contributed by atoms with Gasteiger partial charge in [0.05, 0.1) is 13.2 Å². The van der Waals surface area contributed by atoms with E-state index in [4.69, 9.17) is 9.47 Å². The molecule has 2 aliphatic rings. The molecule has 0 aromatic rings. The molecule has 10 atom stereocenters. The molecule has 14 nitrogen and oxygen atoms in total. The molecule has 0 saturated carbocycles. The molecular formula is C30H60N2O12. The minimum Gasteiger partial charge on any atom is -0.394 e. The molecule has 0 amide bonds. The van der Waals surface area contributed by atoms with E-state index in [1.54, 1.807) is 0 Å². The van der Waals surface area contributed by atoms with Crippen LogP contribution < -0.4 is 0 Å². The van der Waals surface area contributed by atoms with Crippen LogP contribution in [-0.4, -0.2) is 161 Å². The van der Waals surface area contributed by atoms with Crippen molar-refractivity contribution < 1.29 is 60.5 Å². The Morgan fingerprint density at radius 2 is 0.795 bits per heavy atom. The molecule has 2 rings (SSSR count). The van der Waals surface area contributed by atoms with E-state index < -0.39 is 73.9 Å². The van der Waals surface area contributed by atoms with Gasteiger partial charge in [0, 0.05) is 26.2 Å². The number of unbranched alkanes of at least 4 members (excludes halogenated alkanes) is 10. The highest BCUT2D eigenvalue weighted by Gasteiger charge is 2.58. The van der Waals surface area contributed by atoms with Gasteiger partial charge in [-0.3, -0.25) is 0 Å². The van der Waals surface area contributed by atoms with Gasteiger partial charge in [-0.05, 0) is 12.8 Å². The molecule has 2 aliphatic heterocycles. The number of nitrogens with zero attached hydrogens (tertiary/aromatic N) is 2. The topological polar surface area (TPSA) is 227 Å². The number of aliphatic hydroxyl groups excluding tert-OH is 8. The Kier molecular flexibility index (Phi) is 17.4. The van der Waals surface area contributed by atoms with Gasteiger partial charge in [0.1, 0.15) is 36.6 Å². The summed E-state index contributed by atoms with van der Waals surface area (Å²) in [6.45, 7) is 2.88. The normalized spacial score (nSPS) is 36.4. The monoisotopic (exact) mass is 640 g/mol. The third-order valence-corrected chi connectivity index (χ3v) is 9.00. The summed E-state index contributed by atoms with van der Waals surface area (Å²) in [6.07, 6.45) is -2.66. The summed E-state index contributed by atoms with van der Waals surface area (Å²) < 4.78 is 11.2. The fourth-order valence-corrected chi connectivity index (χ4v) is 6.07. The van der Waals surface area contributed by atoms with E-state index in [0.717, 1.165) is 64.2 Å². The van der Waals surface area contributed by atoms with Gasteiger partial charge in [0.15, 0.2) is 12.2 Å². The lowest BCUT2D eigenvalue weighted by Gasteiger charge is -2.52. The van der Waals surface area contributed by atoms with E-state index >= 15 is 0 Å². The quantitative estimate of drug-likeness (QED) is 0.0512. The van der Waals surface area contributed by atoms with Crippen LogP contribution in [-0.2, 0) is 9.47 Å². The van der Waals surface area contributed by atoms with Crippen molar-refractivity contribution in [1.29, 1.82) is 0 Å². The lowest BCUT2D eigenvalue weighted by atomic mass is 9.95. The lowest BCUT2D eigenvalue weighted by molar-refractivity contribution is -0.412. The largest absolute Gasteiger partial charge is 0.394 e. The van der Waals surface area contributed by atoms with Gasteiger partial charge in [-0.25, -0.2) is 9.80 Å². The Morgan fingerprint density at radius 1 is 0.477 bits per heavy atom. The summed E-state index contributed by atoms with van der Waals surface area (Å²) >= 11 is 0. The molecular weight excluding hydrogens is 580 g/mol. The van der Waals surface area contributed by atoms with Crippen LogP contribution in [0.5, 0.6) is 0 Å². The maximum atomic E-state index is 11.6. The average molecular weight is 641 g/mol. The predicted molar refractivity (Wildman–Crippen MR) is 160 cm³/mol. The Morgan fingerprint density at radius 3 is 1.11 bits per heavy atom. The van der Waals surface area contributed by atoms with Gasteiger partial charge < -0.3 is 60.5 Å². The van der Waals surface area contributed by atoms with Gasteiger partial charge in [-0.15, -0.1) is 0 Å². The van der Waals surface area contributed by atoms with Gasteiger partial charge >= 0.3 is 0 Å². The minimum atomic E-state index is -2.51. The van der Waals surface area contributed by atoms with E-state index in [1.165, 1.54) is 9.80 Å². The summed E-state index contributed by atoms with van der Waals surface area (Å²) in [5, 5.41) is 106.